The summed E-state index contributed by atoms with van der Waals surface area (Å²) in [7, 11) is 1.68. The van der Waals surface area contributed by atoms with Gasteiger partial charge in [0.05, 0.1) is 31.4 Å². The van der Waals surface area contributed by atoms with Crippen LogP contribution in [-0.2, 0) is 13.1 Å². The van der Waals surface area contributed by atoms with Crippen LogP contribution in [0.1, 0.15) is 49.3 Å². The Morgan fingerprint density at radius 1 is 1.13 bits per heavy atom. The van der Waals surface area contributed by atoms with Gasteiger partial charge in [-0.1, -0.05) is 24.3 Å². The second-order valence-corrected chi connectivity index (χ2v) is 7.33. The van der Waals surface area contributed by atoms with E-state index in [1.807, 2.05) is 43.3 Å². The molecule has 1 aliphatic carbocycles. The van der Waals surface area contributed by atoms with Gasteiger partial charge in [-0.3, -0.25) is 0 Å². The summed E-state index contributed by atoms with van der Waals surface area (Å²) >= 11 is 0. The van der Waals surface area contributed by atoms with Crippen LogP contribution in [0.5, 0.6) is 11.5 Å². The zero-order valence-corrected chi connectivity index (χ0v) is 20.5. The number of nitriles is 1. The number of methoxy groups -OCH3 is 1. The van der Waals surface area contributed by atoms with Crippen molar-refractivity contribution in [3.8, 4) is 17.6 Å². The van der Waals surface area contributed by atoms with Gasteiger partial charge < -0.3 is 20.1 Å². The minimum absolute atomic E-state index is 0. The molecule has 2 aromatic carbocycles. The maximum absolute atomic E-state index is 8.93. The average molecular weight is 534 g/mol. The summed E-state index contributed by atoms with van der Waals surface area (Å²) in [5.74, 6) is 2.32. The molecule has 1 aliphatic rings. The first-order chi connectivity index (χ1) is 14.7. The van der Waals surface area contributed by atoms with E-state index in [0.717, 1.165) is 48.0 Å². The van der Waals surface area contributed by atoms with Crippen LogP contribution in [0, 0.1) is 11.3 Å². The molecule has 0 amide bonds. The number of nitrogens with zero attached hydrogens (tertiary/aromatic N) is 2. The highest BCUT2D eigenvalue weighted by atomic mass is 127. The number of hydrogen-bond acceptors (Lipinski definition) is 4. The minimum Gasteiger partial charge on any atom is -0.493 e. The quantitative estimate of drug-likeness (QED) is 0.290. The van der Waals surface area contributed by atoms with Crippen molar-refractivity contribution in [2.24, 2.45) is 4.99 Å². The lowest BCUT2D eigenvalue weighted by atomic mass is 10.1. The van der Waals surface area contributed by atoms with E-state index in [4.69, 9.17) is 14.7 Å². The molecular weight excluding hydrogens is 503 g/mol. The topological polar surface area (TPSA) is 78.7 Å². The summed E-state index contributed by atoms with van der Waals surface area (Å²) < 4.78 is 11.9. The van der Waals surface area contributed by atoms with Crippen molar-refractivity contribution in [3.63, 3.8) is 0 Å². The molecule has 0 heterocycles. The SMILES string of the molecule is CCNC(=NCc1ccc(C#N)cc1)NCc1cccc(OC)c1OC1CCCC1.I. The maximum Gasteiger partial charge on any atom is 0.191 e. The van der Waals surface area contributed by atoms with Gasteiger partial charge in [0.15, 0.2) is 17.5 Å². The van der Waals surface area contributed by atoms with Gasteiger partial charge in [-0.25, -0.2) is 4.99 Å². The molecule has 0 radical (unpaired) electrons. The van der Waals surface area contributed by atoms with E-state index in [1.165, 1.54) is 12.8 Å². The van der Waals surface area contributed by atoms with Crippen LogP contribution in [0.4, 0.5) is 0 Å². The summed E-state index contributed by atoms with van der Waals surface area (Å²) in [4.78, 5) is 4.67. The first-order valence-electron chi connectivity index (χ1n) is 10.6. The molecular formula is C24H31IN4O2. The van der Waals surface area contributed by atoms with Crippen LogP contribution >= 0.6 is 24.0 Å². The Labute approximate surface area is 202 Å². The molecule has 1 saturated carbocycles. The Hall–Kier alpha value is -2.47. The lowest BCUT2D eigenvalue weighted by molar-refractivity contribution is 0.198. The zero-order valence-electron chi connectivity index (χ0n) is 18.2. The fourth-order valence-corrected chi connectivity index (χ4v) is 3.54. The lowest BCUT2D eigenvalue weighted by Crippen LogP contribution is -2.37. The van der Waals surface area contributed by atoms with E-state index in [1.54, 1.807) is 7.11 Å². The molecule has 0 aliphatic heterocycles. The largest absolute Gasteiger partial charge is 0.493 e. The Morgan fingerprint density at radius 2 is 1.87 bits per heavy atom. The maximum atomic E-state index is 8.93. The number of nitrogens with one attached hydrogen (secondary N) is 2. The smallest absolute Gasteiger partial charge is 0.191 e. The van der Waals surface area contributed by atoms with E-state index >= 15 is 0 Å². The molecule has 1 fully saturated rings. The third-order valence-electron chi connectivity index (χ3n) is 5.16. The zero-order chi connectivity index (χ0) is 21.2. The van der Waals surface area contributed by atoms with Crippen LogP contribution in [0.2, 0.25) is 0 Å². The Balaban J connectivity index is 0.00000341. The number of aliphatic imine (C=N–C) groups is 1. The fourth-order valence-electron chi connectivity index (χ4n) is 3.54. The van der Waals surface area contributed by atoms with Gasteiger partial charge in [0, 0.05) is 18.7 Å². The lowest BCUT2D eigenvalue weighted by Gasteiger charge is -2.20. The molecule has 166 valence electrons. The van der Waals surface area contributed by atoms with Crippen molar-refractivity contribution in [2.45, 2.75) is 51.8 Å². The van der Waals surface area contributed by atoms with Crippen LogP contribution in [0.25, 0.3) is 0 Å². The van der Waals surface area contributed by atoms with Crippen LogP contribution in [0.3, 0.4) is 0 Å². The first-order valence-corrected chi connectivity index (χ1v) is 10.6. The first kappa shape index (κ1) is 24.8. The Bertz CT molecular complexity index is 887. The number of para-hydroxylation sites is 1. The van der Waals surface area contributed by atoms with Crippen LogP contribution in [0.15, 0.2) is 47.5 Å². The van der Waals surface area contributed by atoms with Gasteiger partial charge in [0.2, 0.25) is 0 Å². The highest BCUT2D eigenvalue weighted by Gasteiger charge is 2.20. The minimum atomic E-state index is 0. The van der Waals surface area contributed by atoms with Crippen molar-refractivity contribution in [1.82, 2.24) is 10.6 Å². The van der Waals surface area contributed by atoms with E-state index < -0.39 is 0 Å². The van der Waals surface area contributed by atoms with Gasteiger partial charge in [0.25, 0.3) is 0 Å². The highest BCUT2D eigenvalue weighted by molar-refractivity contribution is 14.0. The molecule has 0 aromatic heterocycles. The molecule has 0 unspecified atom stereocenters. The van der Waals surface area contributed by atoms with Crippen LogP contribution in [-0.4, -0.2) is 25.7 Å². The number of benzene rings is 2. The molecule has 3 rings (SSSR count). The molecule has 0 saturated heterocycles. The van der Waals surface area contributed by atoms with E-state index in [-0.39, 0.29) is 30.1 Å². The summed E-state index contributed by atoms with van der Waals surface area (Å²) in [5, 5.41) is 15.6. The number of guanidine groups is 1. The summed E-state index contributed by atoms with van der Waals surface area (Å²) in [6.07, 6.45) is 4.90. The molecule has 0 spiro atoms. The Morgan fingerprint density at radius 3 is 2.52 bits per heavy atom. The Kier molecular flexibility index (Phi) is 10.4. The molecule has 6 nitrogen and oxygen atoms in total. The van der Waals surface area contributed by atoms with Crippen molar-refractivity contribution < 1.29 is 9.47 Å². The summed E-state index contributed by atoms with van der Waals surface area (Å²) in [6, 6.07) is 15.6. The van der Waals surface area contributed by atoms with Crippen molar-refractivity contribution >= 4 is 29.9 Å². The van der Waals surface area contributed by atoms with Crippen molar-refractivity contribution in [3.05, 3.63) is 59.2 Å². The second kappa shape index (κ2) is 13.1. The van der Waals surface area contributed by atoms with Crippen molar-refractivity contribution in [2.75, 3.05) is 13.7 Å². The van der Waals surface area contributed by atoms with Gasteiger partial charge >= 0.3 is 0 Å². The molecule has 31 heavy (non-hydrogen) atoms. The van der Waals surface area contributed by atoms with Gasteiger partial charge in [-0.15, -0.1) is 24.0 Å². The third-order valence-corrected chi connectivity index (χ3v) is 5.16. The van der Waals surface area contributed by atoms with Crippen molar-refractivity contribution in [1.29, 1.82) is 5.26 Å². The number of rotatable bonds is 8. The van der Waals surface area contributed by atoms with E-state index in [0.29, 0.717) is 18.7 Å². The monoisotopic (exact) mass is 534 g/mol. The predicted octanol–water partition coefficient (Wildman–Crippen LogP) is 4.76. The molecule has 0 bridgehead atoms. The van der Waals surface area contributed by atoms with Gasteiger partial charge in [-0.2, -0.15) is 5.26 Å². The van der Waals surface area contributed by atoms with Crippen LogP contribution < -0.4 is 20.1 Å². The summed E-state index contributed by atoms with van der Waals surface area (Å²) in [5.41, 5.74) is 2.75. The van der Waals surface area contributed by atoms with Gasteiger partial charge in [-0.05, 0) is 56.4 Å². The number of halogens is 1. The highest BCUT2D eigenvalue weighted by Crippen LogP contribution is 2.34. The predicted molar refractivity (Wildman–Crippen MR) is 134 cm³/mol. The second-order valence-electron chi connectivity index (χ2n) is 7.33. The molecule has 2 N–H and O–H groups in total. The number of hydrogen-bond donors (Lipinski definition) is 2. The molecule has 0 atom stereocenters. The van der Waals surface area contributed by atoms with Gasteiger partial charge in [0.1, 0.15) is 0 Å². The summed E-state index contributed by atoms with van der Waals surface area (Å²) in [6.45, 7) is 3.92. The molecule has 7 heteroatoms. The normalized spacial score (nSPS) is 13.8. The van der Waals surface area contributed by atoms with E-state index in [9.17, 15) is 0 Å². The third kappa shape index (κ3) is 7.31. The molecule has 2 aromatic rings. The fraction of sp³-hybridized carbons (Fsp3) is 0.417. The standard InChI is InChI=1S/C24H30N4O2.HI/c1-3-26-24(27-16-19-13-11-18(15-25)12-14-19)28-17-20-7-6-10-22(29-2)23(20)30-21-8-4-5-9-21;/h6-7,10-14,21H,3-5,8-9,16-17H2,1-2H3,(H2,26,27,28);1H. The number of ether oxygens (including phenoxy) is 2. The van der Waals surface area contributed by atoms with E-state index in [2.05, 4.69) is 27.8 Å². The average Bonchev–Trinajstić information content (AvgIpc) is 3.30.